The summed E-state index contributed by atoms with van der Waals surface area (Å²) in [6.07, 6.45) is -4.59. The molecule has 3 aromatic rings. The molecule has 1 atom stereocenters. The first kappa shape index (κ1) is 19.4. The first-order valence-electron chi connectivity index (χ1n) is 9.72. The van der Waals surface area contributed by atoms with E-state index in [-0.39, 0.29) is 24.6 Å². The van der Waals surface area contributed by atoms with E-state index < -0.39 is 23.6 Å². The second-order valence-corrected chi connectivity index (χ2v) is 7.54. The molecule has 2 aliphatic heterocycles. The molecule has 1 unspecified atom stereocenters. The molecule has 0 radical (unpaired) electrons. The minimum Gasteiger partial charge on any atom is -0.456 e. The number of nitrogens with zero attached hydrogens (tertiary/aromatic N) is 1. The van der Waals surface area contributed by atoms with Gasteiger partial charge >= 0.3 is 12.1 Å². The van der Waals surface area contributed by atoms with Gasteiger partial charge in [0.1, 0.15) is 6.61 Å². The van der Waals surface area contributed by atoms with Crippen LogP contribution in [0.3, 0.4) is 0 Å². The molecule has 0 fully saturated rings. The van der Waals surface area contributed by atoms with E-state index in [1.165, 1.54) is 17.0 Å². The van der Waals surface area contributed by atoms with Crippen molar-refractivity contribution in [3.8, 4) is 0 Å². The van der Waals surface area contributed by atoms with Crippen LogP contribution in [-0.4, -0.2) is 18.5 Å². The van der Waals surface area contributed by atoms with Crippen molar-refractivity contribution in [2.24, 2.45) is 0 Å². The molecule has 5 rings (SSSR count). The van der Waals surface area contributed by atoms with Crippen LogP contribution in [-0.2, 0) is 20.5 Å². The highest BCUT2D eigenvalue weighted by Crippen LogP contribution is 2.44. The number of rotatable bonds is 2. The summed E-state index contributed by atoms with van der Waals surface area (Å²) in [5.74, 6) is -1.45. The fourth-order valence-corrected chi connectivity index (χ4v) is 4.40. The van der Waals surface area contributed by atoms with E-state index in [1.807, 2.05) is 42.5 Å². The van der Waals surface area contributed by atoms with Crippen molar-refractivity contribution in [2.75, 3.05) is 11.5 Å². The number of anilines is 1. The zero-order valence-electron chi connectivity index (χ0n) is 16.1. The zero-order chi connectivity index (χ0) is 21.8. The minimum atomic E-state index is -4.54. The fourth-order valence-electron chi connectivity index (χ4n) is 4.40. The van der Waals surface area contributed by atoms with Gasteiger partial charge in [0.25, 0.3) is 0 Å². The number of amides is 1. The van der Waals surface area contributed by atoms with E-state index in [4.69, 9.17) is 4.74 Å². The Morgan fingerprint density at radius 1 is 0.935 bits per heavy atom. The lowest BCUT2D eigenvalue weighted by Crippen LogP contribution is -2.37. The highest BCUT2D eigenvalue weighted by molar-refractivity contribution is 6.07. The molecule has 0 saturated heterocycles. The van der Waals surface area contributed by atoms with Crippen LogP contribution in [0.15, 0.2) is 78.0 Å². The standard InChI is InChI=1S/C24H16F3NO3/c25-24(26,27)15-7-4-8-16(11-15)28-20-13-31-23(30)22(20)19(12-21(28)29)18-10-3-6-14-5-1-2-9-17(14)18/h1-11,19H,12-13H2. The van der Waals surface area contributed by atoms with Crippen LogP contribution in [0.5, 0.6) is 0 Å². The Balaban J connectivity index is 1.66. The fraction of sp³-hybridized carbons (Fsp3) is 0.167. The molecular weight excluding hydrogens is 407 g/mol. The van der Waals surface area contributed by atoms with Gasteiger partial charge in [-0.15, -0.1) is 0 Å². The predicted molar refractivity (Wildman–Crippen MR) is 108 cm³/mol. The summed E-state index contributed by atoms with van der Waals surface area (Å²) in [6, 6.07) is 17.9. The quantitative estimate of drug-likeness (QED) is 0.533. The van der Waals surface area contributed by atoms with Gasteiger partial charge in [0, 0.05) is 18.0 Å². The smallest absolute Gasteiger partial charge is 0.416 e. The van der Waals surface area contributed by atoms with Gasteiger partial charge < -0.3 is 4.74 Å². The molecule has 7 heteroatoms. The molecule has 4 nitrogen and oxygen atoms in total. The van der Waals surface area contributed by atoms with E-state index >= 15 is 0 Å². The molecule has 156 valence electrons. The Labute approximate surface area is 175 Å². The number of hydrogen-bond donors (Lipinski definition) is 0. The number of halogens is 3. The Morgan fingerprint density at radius 2 is 1.68 bits per heavy atom. The van der Waals surface area contributed by atoms with E-state index in [1.54, 1.807) is 0 Å². The van der Waals surface area contributed by atoms with E-state index in [0.29, 0.717) is 11.3 Å². The molecule has 2 aliphatic rings. The summed E-state index contributed by atoms with van der Waals surface area (Å²) in [4.78, 5) is 27.0. The summed E-state index contributed by atoms with van der Waals surface area (Å²) < 4.78 is 44.8. The Hall–Kier alpha value is -3.61. The van der Waals surface area contributed by atoms with Gasteiger partial charge in [-0.3, -0.25) is 9.69 Å². The van der Waals surface area contributed by atoms with Gasteiger partial charge in [-0.1, -0.05) is 48.5 Å². The summed E-state index contributed by atoms with van der Waals surface area (Å²) in [5, 5.41) is 1.89. The highest BCUT2D eigenvalue weighted by atomic mass is 19.4. The zero-order valence-corrected chi connectivity index (χ0v) is 16.1. The highest BCUT2D eigenvalue weighted by Gasteiger charge is 2.43. The van der Waals surface area contributed by atoms with Crippen LogP contribution >= 0.6 is 0 Å². The predicted octanol–water partition coefficient (Wildman–Crippen LogP) is 5.19. The van der Waals surface area contributed by atoms with Crippen molar-refractivity contribution < 1.29 is 27.5 Å². The minimum absolute atomic E-state index is 0.0435. The second-order valence-electron chi connectivity index (χ2n) is 7.54. The summed E-state index contributed by atoms with van der Waals surface area (Å²) in [6.45, 7) is -0.155. The third-order valence-electron chi connectivity index (χ3n) is 5.75. The van der Waals surface area contributed by atoms with E-state index in [2.05, 4.69) is 0 Å². The molecule has 1 amide bonds. The number of esters is 1. The number of benzene rings is 3. The maximum atomic E-state index is 13.2. The molecule has 31 heavy (non-hydrogen) atoms. The molecule has 0 spiro atoms. The molecule has 0 aliphatic carbocycles. The average molecular weight is 423 g/mol. The van der Waals surface area contributed by atoms with Gasteiger partial charge in [0.05, 0.1) is 16.8 Å². The lowest BCUT2D eigenvalue weighted by atomic mass is 9.82. The topological polar surface area (TPSA) is 46.6 Å². The van der Waals surface area contributed by atoms with Crippen molar-refractivity contribution in [3.63, 3.8) is 0 Å². The van der Waals surface area contributed by atoms with Crippen molar-refractivity contribution in [3.05, 3.63) is 89.1 Å². The third kappa shape index (κ3) is 3.17. The number of carbonyl (C=O) groups excluding carboxylic acids is 2. The van der Waals surface area contributed by atoms with Crippen molar-refractivity contribution in [1.29, 1.82) is 0 Å². The maximum Gasteiger partial charge on any atom is 0.416 e. The first-order chi connectivity index (χ1) is 14.8. The normalized spacial score (nSPS) is 19.1. The molecule has 0 saturated carbocycles. The number of hydrogen-bond acceptors (Lipinski definition) is 3. The Bertz CT molecular complexity index is 1260. The van der Waals surface area contributed by atoms with Gasteiger partial charge in [-0.25, -0.2) is 4.79 Å². The van der Waals surface area contributed by atoms with Crippen LogP contribution in [0.25, 0.3) is 10.8 Å². The number of alkyl halides is 3. The van der Waals surface area contributed by atoms with Crippen LogP contribution in [0.4, 0.5) is 18.9 Å². The molecule has 0 bridgehead atoms. The molecule has 3 aromatic carbocycles. The third-order valence-corrected chi connectivity index (χ3v) is 5.75. The summed E-state index contributed by atoms with van der Waals surface area (Å²) in [5.41, 5.74) is 0.664. The largest absolute Gasteiger partial charge is 0.456 e. The molecule has 0 N–H and O–H groups in total. The van der Waals surface area contributed by atoms with E-state index in [0.717, 1.165) is 28.5 Å². The molecule has 0 aromatic heterocycles. The number of fused-ring (bicyclic) bond motifs is 1. The number of cyclic esters (lactones) is 1. The molecule has 2 heterocycles. The second kappa shape index (κ2) is 6.97. The maximum absolute atomic E-state index is 13.2. The SMILES string of the molecule is O=C1OCC2=C1C(c1cccc3ccccc13)CC(=O)N2c1cccc(C(F)(F)F)c1. The lowest BCUT2D eigenvalue weighted by Gasteiger charge is -2.32. The van der Waals surface area contributed by atoms with Crippen molar-refractivity contribution in [1.82, 2.24) is 0 Å². The molecular formula is C24H16F3NO3. The van der Waals surface area contributed by atoms with Crippen LogP contribution in [0.1, 0.15) is 23.5 Å². The number of ether oxygens (including phenoxy) is 1. The van der Waals surface area contributed by atoms with Crippen LogP contribution in [0, 0.1) is 0 Å². The lowest BCUT2D eigenvalue weighted by molar-refractivity contribution is -0.138. The Morgan fingerprint density at radius 3 is 2.48 bits per heavy atom. The first-order valence-corrected chi connectivity index (χ1v) is 9.72. The summed E-state index contributed by atoms with van der Waals surface area (Å²) in [7, 11) is 0. The Kier molecular flexibility index (Phi) is 4.36. The average Bonchev–Trinajstić information content (AvgIpc) is 3.13. The number of carbonyl (C=O) groups is 2. The summed E-state index contributed by atoms with van der Waals surface area (Å²) >= 11 is 0. The van der Waals surface area contributed by atoms with Crippen LogP contribution < -0.4 is 4.90 Å². The van der Waals surface area contributed by atoms with Gasteiger partial charge in [-0.2, -0.15) is 13.2 Å². The van der Waals surface area contributed by atoms with Crippen molar-refractivity contribution >= 4 is 28.3 Å². The van der Waals surface area contributed by atoms with Crippen LogP contribution in [0.2, 0.25) is 0 Å². The van der Waals surface area contributed by atoms with Gasteiger partial charge in [0.2, 0.25) is 5.91 Å². The van der Waals surface area contributed by atoms with E-state index in [9.17, 15) is 22.8 Å². The van der Waals surface area contributed by atoms with Gasteiger partial charge in [-0.05, 0) is 34.5 Å². The van der Waals surface area contributed by atoms with Crippen molar-refractivity contribution in [2.45, 2.75) is 18.5 Å². The van der Waals surface area contributed by atoms with Gasteiger partial charge in [0.15, 0.2) is 0 Å². The monoisotopic (exact) mass is 423 g/mol.